The van der Waals surface area contributed by atoms with E-state index in [0.717, 1.165) is 5.56 Å². The maximum absolute atomic E-state index is 13.8. The van der Waals surface area contributed by atoms with Crippen LogP contribution in [0.1, 0.15) is 24.0 Å². The maximum Gasteiger partial charge on any atom is 0.239 e. The number of carbonyl (C=O) groups excluding carboxylic acids is 1. The molecule has 2 N–H and O–H groups in total. The first-order valence-corrected chi connectivity index (χ1v) is 13.9. The lowest BCUT2D eigenvalue weighted by atomic mass is 9.95. The number of halogens is 1. The smallest absolute Gasteiger partial charge is 0.239 e. The first-order valence-electron chi connectivity index (χ1n) is 12.4. The number of nitrogens with zero attached hydrogens (tertiary/aromatic N) is 1. The molecule has 3 rings (SSSR count). The fraction of sp³-hybridized carbons (Fsp3) is 0.345. The van der Waals surface area contributed by atoms with Crippen LogP contribution in [0.4, 0.5) is 4.39 Å². The van der Waals surface area contributed by atoms with E-state index in [1.807, 2.05) is 18.2 Å². The molecule has 0 aliphatic carbocycles. The molecule has 2 aromatic carbocycles. The summed E-state index contributed by atoms with van der Waals surface area (Å²) in [4.78, 5) is 14.5. The normalized spacial score (nSPS) is 16.1. The summed E-state index contributed by atoms with van der Waals surface area (Å²) in [6, 6.07) is 13.5. The summed E-state index contributed by atoms with van der Waals surface area (Å²) in [7, 11) is -2.40. The molecule has 1 aliphatic heterocycles. The van der Waals surface area contributed by atoms with Crippen molar-refractivity contribution in [1.29, 1.82) is 0 Å². The zero-order valence-electron chi connectivity index (χ0n) is 21.7. The summed E-state index contributed by atoms with van der Waals surface area (Å²) >= 11 is 0. The van der Waals surface area contributed by atoms with Gasteiger partial charge in [-0.25, -0.2) is 12.8 Å². The lowest BCUT2D eigenvalue weighted by Crippen LogP contribution is -2.57. The Bertz CT molecular complexity index is 1280. The van der Waals surface area contributed by atoms with E-state index in [1.54, 1.807) is 31.4 Å². The molecule has 1 saturated heterocycles. The van der Waals surface area contributed by atoms with Gasteiger partial charge in [-0.15, -0.1) is 0 Å². The highest BCUT2D eigenvalue weighted by Crippen LogP contribution is 2.36. The van der Waals surface area contributed by atoms with Crippen LogP contribution in [0.2, 0.25) is 0 Å². The summed E-state index contributed by atoms with van der Waals surface area (Å²) in [5.41, 5.74) is 7.67. The number of hydrogen-bond acceptors (Lipinski definition) is 6. The molecule has 0 radical (unpaired) electrons. The highest BCUT2D eigenvalue weighted by atomic mass is 32.2. The van der Waals surface area contributed by atoms with Crippen molar-refractivity contribution >= 4 is 21.3 Å². The summed E-state index contributed by atoms with van der Waals surface area (Å²) in [6.07, 6.45) is 3.90. The van der Waals surface area contributed by atoms with Gasteiger partial charge in [-0.2, -0.15) is 0 Å². The maximum atomic E-state index is 13.8. The van der Waals surface area contributed by atoms with Crippen LogP contribution in [0, 0.1) is 0 Å². The van der Waals surface area contributed by atoms with Gasteiger partial charge in [-0.1, -0.05) is 49.6 Å². The van der Waals surface area contributed by atoms with Gasteiger partial charge in [-0.3, -0.25) is 4.79 Å². The molecule has 1 aliphatic rings. The molecule has 1 heterocycles. The van der Waals surface area contributed by atoms with Crippen molar-refractivity contribution in [3.63, 3.8) is 0 Å². The van der Waals surface area contributed by atoms with E-state index in [0.29, 0.717) is 56.2 Å². The molecule has 9 heteroatoms. The van der Waals surface area contributed by atoms with Crippen molar-refractivity contribution in [1.82, 2.24) is 4.90 Å². The standard InChI is InChI=1S/C29H35FN2O5S/c1-4-6-27(22(2)30)24-8-5-7-23(21-24)13-19-37-25-9-11-26(12-10-25)38(34,35)29(28(31)33)14-16-32(17-15-29)18-20-36-3/h4-12,21H,1-2,13-20H2,3H3,(H2,31,33)/b27-6+. The van der Waals surface area contributed by atoms with Crippen LogP contribution in [0.5, 0.6) is 5.75 Å². The number of rotatable bonds is 13. The second-order valence-corrected chi connectivity index (χ2v) is 11.4. The zero-order chi connectivity index (χ0) is 27.8. The van der Waals surface area contributed by atoms with Crippen LogP contribution in [0.15, 0.2) is 84.6 Å². The highest BCUT2D eigenvalue weighted by Gasteiger charge is 2.51. The van der Waals surface area contributed by atoms with E-state index in [9.17, 15) is 17.6 Å². The fourth-order valence-electron chi connectivity index (χ4n) is 4.59. The van der Waals surface area contributed by atoms with Gasteiger partial charge in [0, 0.05) is 38.7 Å². The number of carbonyl (C=O) groups is 1. The first kappa shape index (κ1) is 29.3. The number of likely N-dealkylation sites (tertiary alicyclic amines) is 1. The predicted molar refractivity (Wildman–Crippen MR) is 147 cm³/mol. The molecular formula is C29H35FN2O5S. The SMILES string of the molecule is C=C/C=C(\C(=C)F)c1cccc(CCOc2ccc(S(=O)(=O)C3(C(N)=O)CCN(CCOC)CC3)cc2)c1. The van der Waals surface area contributed by atoms with Crippen LogP contribution in [0.3, 0.4) is 0 Å². The first-order chi connectivity index (χ1) is 18.1. The number of piperidine rings is 1. The second-order valence-electron chi connectivity index (χ2n) is 9.19. The monoisotopic (exact) mass is 542 g/mol. The van der Waals surface area contributed by atoms with Gasteiger partial charge in [0.15, 0.2) is 14.6 Å². The van der Waals surface area contributed by atoms with Gasteiger partial charge >= 0.3 is 0 Å². The number of methoxy groups -OCH3 is 1. The number of benzene rings is 2. The molecule has 2 aromatic rings. The molecule has 0 spiro atoms. The van der Waals surface area contributed by atoms with Gasteiger partial charge < -0.3 is 20.1 Å². The van der Waals surface area contributed by atoms with E-state index < -0.39 is 26.3 Å². The molecule has 0 unspecified atom stereocenters. The summed E-state index contributed by atoms with van der Waals surface area (Å²) < 4.78 is 50.1. The number of hydrogen-bond donors (Lipinski definition) is 1. The average molecular weight is 543 g/mol. The van der Waals surface area contributed by atoms with Crippen molar-refractivity contribution in [3.8, 4) is 5.75 Å². The summed E-state index contributed by atoms with van der Waals surface area (Å²) in [5.74, 6) is -0.871. The van der Waals surface area contributed by atoms with Crippen molar-refractivity contribution in [2.45, 2.75) is 28.9 Å². The fourth-order valence-corrected chi connectivity index (χ4v) is 6.52. The molecule has 1 fully saturated rings. The van der Waals surface area contributed by atoms with Crippen LogP contribution >= 0.6 is 0 Å². The molecule has 0 saturated carbocycles. The zero-order valence-corrected chi connectivity index (χ0v) is 22.5. The van der Waals surface area contributed by atoms with E-state index >= 15 is 0 Å². The summed E-state index contributed by atoms with van der Waals surface area (Å²) in [5, 5.41) is 0. The van der Waals surface area contributed by atoms with Crippen molar-refractivity contribution in [2.75, 3.05) is 40.0 Å². The van der Waals surface area contributed by atoms with Crippen molar-refractivity contribution in [2.24, 2.45) is 5.73 Å². The Balaban J connectivity index is 1.66. The minimum absolute atomic E-state index is 0.0367. The van der Waals surface area contributed by atoms with Gasteiger partial charge in [0.1, 0.15) is 11.6 Å². The third-order valence-corrected chi connectivity index (χ3v) is 9.38. The predicted octanol–water partition coefficient (Wildman–Crippen LogP) is 4.10. The molecule has 7 nitrogen and oxygen atoms in total. The Morgan fingerprint density at radius 3 is 2.42 bits per heavy atom. The Morgan fingerprint density at radius 2 is 1.84 bits per heavy atom. The third kappa shape index (κ3) is 6.59. The number of sulfone groups is 1. The Kier molecular flexibility index (Phi) is 10.0. The Morgan fingerprint density at radius 1 is 1.16 bits per heavy atom. The van der Waals surface area contributed by atoms with Gasteiger partial charge in [-0.05, 0) is 48.2 Å². The van der Waals surface area contributed by atoms with Crippen molar-refractivity contribution < 1.29 is 27.1 Å². The largest absolute Gasteiger partial charge is 0.493 e. The number of primary amides is 1. The van der Waals surface area contributed by atoms with E-state index in [-0.39, 0.29) is 17.7 Å². The van der Waals surface area contributed by atoms with Crippen LogP contribution in [0.25, 0.3) is 5.57 Å². The molecule has 0 bridgehead atoms. The third-order valence-electron chi connectivity index (χ3n) is 6.85. The molecule has 0 atom stereocenters. The quantitative estimate of drug-likeness (QED) is 0.383. The number of ether oxygens (including phenoxy) is 2. The average Bonchev–Trinajstić information content (AvgIpc) is 2.91. The minimum Gasteiger partial charge on any atom is -0.493 e. The topological polar surface area (TPSA) is 98.9 Å². The Labute approximate surface area is 224 Å². The number of nitrogens with two attached hydrogens (primary N) is 1. The van der Waals surface area contributed by atoms with E-state index in [4.69, 9.17) is 15.2 Å². The van der Waals surface area contributed by atoms with Crippen LogP contribution < -0.4 is 10.5 Å². The van der Waals surface area contributed by atoms with Gasteiger partial charge in [0.2, 0.25) is 5.91 Å². The van der Waals surface area contributed by atoms with Crippen molar-refractivity contribution in [3.05, 3.63) is 90.8 Å². The minimum atomic E-state index is -4.01. The highest BCUT2D eigenvalue weighted by molar-refractivity contribution is 7.93. The molecule has 38 heavy (non-hydrogen) atoms. The van der Waals surface area contributed by atoms with Crippen LogP contribution in [-0.2, 0) is 25.8 Å². The summed E-state index contributed by atoms with van der Waals surface area (Å²) in [6.45, 7) is 9.41. The van der Waals surface area contributed by atoms with E-state index in [2.05, 4.69) is 18.1 Å². The second kappa shape index (κ2) is 13.0. The molecular weight excluding hydrogens is 507 g/mol. The van der Waals surface area contributed by atoms with E-state index in [1.165, 1.54) is 18.2 Å². The molecule has 0 aromatic heterocycles. The van der Waals surface area contributed by atoms with Crippen LogP contribution in [-0.4, -0.2) is 63.9 Å². The lowest BCUT2D eigenvalue weighted by Gasteiger charge is -2.38. The lowest BCUT2D eigenvalue weighted by molar-refractivity contribution is -0.121. The number of allylic oxidation sites excluding steroid dienone is 4. The Hall–Kier alpha value is -3.27. The molecule has 1 amide bonds. The molecule has 204 valence electrons. The van der Waals surface area contributed by atoms with Gasteiger partial charge in [0.05, 0.1) is 18.1 Å². The van der Waals surface area contributed by atoms with Gasteiger partial charge in [0.25, 0.3) is 0 Å². The number of amides is 1.